The van der Waals surface area contributed by atoms with Crippen LogP contribution in [0.15, 0.2) is 22.7 Å². The first-order valence-electron chi connectivity index (χ1n) is 5.57. The summed E-state index contributed by atoms with van der Waals surface area (Å²) in [6.07, 6.45) is 1.17. The van der Waals surface area contributed by atoms with E-state index in [-0.39, 0.29) is 0 Å². The summed E-state index contributed by atoms with van der Waals surface area (Å²) >= 11 is 11.2. The van der Waals surface area contributed by atoms with Crippen molar-refractivity contribution < 1.29 is 0 Å². The zero-order valence-corrected chi connectivity index (χ0v) is 14.1. The molecule has 0 fully saturated rings. The fourth-order valence-electron chi connectivity index (χ4n) is 2.73. The third-order valence-electron chi connectivity index (χ3n) is 3.50. The molecule has 0 radical (unpaired) electrons. The van der Waals surface area contributed by atoms with Crippen LogP contribution >= 0.6 is 47.8 Å². The molecule has 16 heavy (non-hydrogen) atoms. The first kappa shape index (κ1) is 13.1. The lowest BCUT2D eigenvalue weighted by Crippen LogP contribution is -2.21. The molecule has 0 spiro atoms. The average Bonchev–Trinajstić information content (AvgIpc) is 2.58. The first-order chi connectivity index (χ1) is 7.52. The Kier molecular flexibility index (Phi) is 4.19. The Morgan fingerprint density at radius 1 is 1.19 bits per heavy atom. The molecule has 2 rings (SSSR count). The quantitative estimate of drug-likeness (QED) is 0.582. The van der Waals surface area contributed by atoms with E-state index in [1.807, 2.05) is 0 Å². The fourth-order valence-corrected chi connectivity index (χ4v) is 4.47. The fraction of sp³-hybridized carbons (Fsp3) is 0.538. The van der Waals surface area contributed by atoms with Crippen LogP contribution in [-0.2, 0) is 6.42 Å². The summed E-state index contributed by atoms with van der Waals surface area (Å²) in [7, 11) is 0. The lowest BCUT2D eigenvalue weighted by Gasteiger charge is -2.25. The number of hydrogen-bond donors (Lipinski definition) is 0. The van der Waals surface area contributed by atoms with E-state index in [9.17, 15) is 0 Å². The van der Waals surface area contributed by atoms with Crippen molar-refractivity contribution in [2.45, 2.75) is 35.8 Å². The zero-order chi connectivity index (χ0) is 11.9. The SMILES string of the molecule is CC(Br)C1Cc2c(Br)cccc2C1C(C)Br. The van der Waals surface area contributed by atoms with Crippen LogP contribution in [0.5, 0.6) is 0 Å². The van der Waals surface area contributed by atoms with E-state index in [2.05, 4.69) is 79.8 Å². The van der Waals surface area contributed by atoms with Gasteiger partial charge in [0.15, 0.2) is 0 Å². The Bertz CT molecular complexity index is 385. The van der Waals surface area contributed by atoms with Crippen LogP contribution in [-0.4, -0.2) is 9.65 Å². The molecule has 0 aromatic heterocycles. The number of benzene rings is 1. The summed E-state index contributed by atoms with van der Waals surface area (Å²) in [5.74, 6) is 1.30. The van der Waals surface area contributed by atoms with E-state index in [1.54, 1.807) is 0 Å². The number of halogens is 3. The predicted molar refractivity (Wildman–Crippen MR) is 80.9 cm³/mol. The second kappa shape index (κ2) is 5.11. The molecule has 0 N–H and O–H groups in total. The summed E-state index contributed by atoms with van der Waals surface area (Å²) in [6, 6.07) is 6.57. The number of rotatable bonds is 2. The minimum absolute atomic E-state index is 0.521. The number of hydrogen-bond acceptors (Lipinski definition) is 0. The van der Waals surface area contributed by atoms with Crippen molar-refractivity contribution in [2.75, 3.05) is 0 Å². The molecule has 0 amide bonds. The molecule has 1 aliphatic rings. The number of fused-ring (bicyclic) bond motifs is 1. The molecule has 3 heteroatoms. The molecule has 1 aromatic carbocycles. The summed E-state index contributed by atoms with van der Waals surface area (Å²) < 4.78 is 1.26. The van der Waals surface area contributed by atoms with Gasteiger partial charge < -0.3 is 0 Å². The van der Waals surface area contributed by atoms with Gasteiger partial charge in [-0.3, -0.25) is 0 Å². The van der Waals surface area contributed by atoms with Crippen LogP contribution in [0.1, 0.15) is 30.9 Å². The third-order valence-corrected chi connectivity index (χ3v) is 5.49. The van der Waals surface area contributed by atoms with Crippen molar-refractivity contribution in [3.8, 4) is 0 Å². The van der Waals surface area contributed by atoms with E-state index in [1.165, 1.54) is 22.0 Å². The Morgan fingerprint density at radius 2 is 1.88 bits per heavy atom. The first-order valence-corrected chi connectivity index (χ1v) is 8.20. The van der Waals surface area contributed by atoms with Gasteiger partial charge in [0.05, 0.1) is 0 Å². The largest absolute Gasteiger partial charge is 0.0890 e. The molecule has 0 aliphatic heterocycles. The van der Waals surface area contributed by atoms with E-state index in [0.29, 0.717) is 21.5 Å². The Hall–Kier alpha value is 0.660. The molecule has 0 nitrogen and oxygen atoms in total. The normalized spacial score (nSPS) is 27.6. The summed E-state index contributed by atoms with van der Waals surface area (Å²) in [5, 5.41) is 0. The third kappa shape index (κ3) is 2.28. The molecule has 0 saturated carbocycles. The van der Waals surface area contributed by atoms with Crippen LogP contribution < -0.4 is 0 Å². The molecule has 4 unspecified atom stereocenters. The van der Waals surface area contributed by atoms with Crippen molar-refractivity contribution in [1.82, 2.24) is 0 Å². The van der Waals surface area contributed by atoms with Crippen LogP contribution in [0.3, 0.4) is 0 Å². The second-order valence-corrected chi connectivity index (χ2v) is 8.30. The van der Waals surface area contributed by atoms with Crippen molar-refractivity contribution in [1.29, 1.82) is 0 Å². The molecule has 1 aromatic rings. The van der Waals surface area contributed by atoms with Crippen molar-refractivity contribution >= 4 is 47.8 Å². The Morgan fingerprint density at radius 3 is 2.44 bits per heavy atom. The molecular weight excluding hydrogens is 396 g/mol. The van der Waals surface area contributed by atoms with Gasteiger partial charge in [-0.05, 0) is 29.5 Å². The van der Waals surface area contributed by atoms with Gasteiger partial charge in [0.1, 0.15) is 0 Å². The van der Waals surface area contributed by atoms with Crippen molar-refractivity contribution in [3.05, 3.63) is 33.8 Å². The van der Waals surface area contributed by atoms with E-state index in [4.69, 9.17) is 0 Å². The zero-order valence-electron chi connectivity index (χ0n) is 9.38. The lowest BCUT2D eigenvalue weighted by atomic mass is 9.88. The Labute approximate surface area is 123 Å². The minimum atomic E-state index is 0.521. The minimum Gasteiger partial charge on any atom is -0.0890 e. The van der Waals surface area contributed by atoms with Crippen LogP contribution in [0.25, 0.3) is 0 Å². The van der Waals surface area contributed by atoms with Crippen LogP contribution in [0.2, 0.25) is 0 Å². The summed E-state index contributed by atoms with van der Waals surface area (Å²) in [5.41, 5.74) is 3.00. The molecule has 0 bridgehead atoms. The van der Waals surface area contributed by atoms with Gasteiger partial charge in [-0.15, -0.1) is 0 Å². The molecule has 0 saturated heterocycles. The maximum absolute atomic E-state index is 3.77. The monoisotopic (exact) mass is 408 g/mol. The van der Waals surface area contributed by atoms with Gasteiger partial charge in [0.25, 0.3) is 0 Å². The maximum Gasteiger partial charge on any atom is 0.0210 e. The standard InChI is InChI=1S/C13H15Br3/c1-7(14)10-6-11-9(13(10)8(2)15)4-3-5-12(11)16/h3-5,7-8,10,13H,6H2,1-2H3. The molecule has 4 atom stereocenters. The highest BCUT2D eigenvalue weighted by Crippen LogP contribution is 2.47. The van der Waals surface area contributed by atoms with Gasteiger partial charge in [-0.1, -0.05) is 73.8 Å². The van der Waals surface area contributed by atoms with Gasteiger partial charge in [-0.25, -0.2) is 0 Å². The molecule has 88 valence electrons. The summed E-state index contributed by atoms with van der Waals surface area (Å²) in [4.78, 5) is 1.07. The lowest BCUT2D eigenvalue weighted by molar-refractivity contribution is 0.457. The average molecular weight is 411 g/mol. The van der Waals surface area contributed by atoms with Gasteiger partial charge in [0.2, 0.25) is 0 Å². The van der Waals surface area contributed by atoms with Gasteiger partial charge in [-0.2, -0.15) is 0 Å². The topological polar surface area (TPSA) is 0 Å². The van der Waals surface area contributed by atoms with E-state index in [0.717, 1.165) is 0 Å². The highest BCUT2D eigenvalue weighted by atomic mass is 79.9. The van der Waals surface area contributed by atoms with Crippen molar-refractivity contribution in [2.24, 2.45) is 5.92 Å². The molecule has 1 aliphatic carbocycles. The van der Waals surface area contributed by atoms with Crippen LogP contribution in [0, 0.1) is 5.92 Å². The molecular formula is C13H15Br3. The summed E-state index contributed by atoms with van der Waals surface area (Å²) in [6.45, 7) is 4.51. The highest BCUT2D eigenvalue weighted by Gasteiger charge is 2.38. The molecule has 0 heterocycles. The maximum atomic E-state index is 3.77. The Balaban J connectivity index is 2.45. The smallest absolute Gasteiger partial charge is 0.0210 e. The van der Waals surface area contributed by atoms with Crippen LogP contribution in [0.4, 0.5) is 0 Å². The van der Waals surface area contributed by atoms with Gasteiger partial charge in [0, 0.05) is 20.0 Å². The van der Waals surface area contributed by atoms with Gasteiger partial charge >= 0.3 is 0 Å². The second-order valence-electron chi connectivity index (χ2n) is 4.56. The van der Waals surface area contributed by atoms with E-state index < -0.39 is 0 Å². The van der Waals surface area contributed by atoms with E-state index >= 15 is 0 Å². The number of alkyl halides is 2. The van der Waals surface area contributed by atoms with Crippen molar-refractivity contribution in [3.63, 3.8) is 0 Å². The predicted octanol–water partition coefficient (Wildman–Crippen LogP) is 5.27. The highest BCUT2D eigenvalue weighted by molar-refractivity contribution is 9.10.